The van der Waals surface area contributed by atoms with Gasteiger partial charge in [-0.15, -0.1) is 0 Å². The van der Waals surface area contributed by atoms with Crippen LogP contribution in [0.4, 0.5) is 0 Å². The van der Waals surface area contributed by atoms with Crippen LogP contribution in [0.15, 0.2) is 40.9 Å². The highest BCUT2D eigenvalue weighted by Gasteiger charge is 2.15. The maximum absolute atomic E-state index is 6.39. The summed E-state index contributed by atoms with van der Waals surface area (Å²) in [7, 11) is 0. The minimum atomic E-state index is -0.272. The molecular formula is C16H17BrClNO. The molecule has 0 aromatic heterocycles. The lowest BCUT2D eigenvalue weighted by atomic mass is 9.97. The summed E-state index contributed by atoms with van der Waals surface area (Å²) in [6.45, 7) is 4.62. The van der Waals surface area contributed by atoms with Crippen molar-refractivity contribution in [3.8, 4) is 5.75 Å². The van der Waals surface area contributed by atoms with E-state index in [1.54, 1.807) is 0 Å². The van der Waals surface area contributed by atoms with E-state index in [1.165, 1.54) is 0 Å². The number of hydrogen-bond acceptors (Lipinski definition) is 2. The molecule has 0 aliphatic carbocycles. The fraction of sp³-hybridized carbons (Fsp3) is 0.250. The molecule has 0 spiro atoms. The van der Waals surface area contributed by atoms with Crippen LogP contribution in [0.1, 0.15) is 29.7 Å². The number of halogens is 2. The van der Waals surface area contributed by atoms with Gasteiger partial charge in [-0.2, -0.15) is 0 Å². The minimum absolute atomic E-state index is 0.272. The molecule has 0 aliphatic heterocycles. The van der Waals surface area contributed by atoms with Crippen molar-refractivity contribution in [3.63, 3.8) is 0 Å². The summed E-state index contributed by atoms with van der Waals surface area (Å²) < 4.78 is 6.59. The number of benzene rings is 2. The third-order valence-electron chi connectivity index (χ3n) is 3.04. The fourth-order valence-corrected chi connectivity index (χ4v) is 3.02. The molecule has 0 saturated carbocycles. The molecule has 1 unspecified atom stereocenters. The topological polar surface area (TPSA) is 35.2 Å². The van der Waals surface area contributed by atoms with Crippen LogP contribution in [0, 0.1) is 6.92 Å². The van der Waals surface area contributed by atoms with Crippen LogP contribution < -0.4 is 10.5 Å². The van der Waals surface area contributed by atoms with Crippen LogP contribution in [0.2, 0.25) is 5.02 Å². The summed E-state index contributed by atoms with van der Waals surface area (Å²) in [5.41, 5.74) is 9.48. The normalized spacial score (nSPS) is 12.2. The molecule has 0 radical (unpaired) electrons. The van der Waals surface area contributed by atoms with Crippen molar-refractivity contribution < 1.29 is 4.74 Å². The van der Waals surface area contributed by atoms with Gasteiger partial charge in [0.1, 0.15) is 5.75 Å². The molecule has 0 amide bonds. The van der Waals surface area contributed by atoms with E-state index in [9.17, 15) is 0 Å². The van der Waals surface area contributed by atoms with Crippen LogP contribution in [-0.4, -0.2) is 6.61 Å². The van der Waals surface area contributed by atoms with Gasteiger partial charge in [0.05, 0.1) is 12.6 Å². The number of hydrogen-bond donors (Lipinski definition) is 1. The zero-order valence-corrected chi connectivity index (χ0v) is 13.8. The van der Waals surface area contributed by atoms with Crippen molar-refractivity contribution in [2.24, 2.45) is 5.73 Å². The van der Waals surface area contributed by atoms with Crippen molar-refractivity contribution in [1.82, 2.24) is 0 Å². The first-order chi connectivity index (χ1) is 9.51. The summed E-state index contributed by atoms with van der Waals surface area (Å²) >= 11 is 9.54. The number of ether oxygens (including phenoxy) is 1. The van der Waals surface area contributed by atoms with E-state index in [1.807, 2.05) is 44.2 Å². The summed E-state index contributed by atoms with van der Waals surface area (Å²) in [4.78, 5) is 0. The highest BCUT2D eigenvalue weighted by Crippen LogP contribution is 2.32. The Hall–Kier alpha value is -1.03. The van der Waals surface area contributed by atoms with Crippen molar-refractivity contribution in [3.05, 3.63) is 62.6 Å². The van der Waals surface area contributed by atoms with Gasteiger partial charge in [-0.1, -0.05) is 45.2 Å². The quantitative estimate of drug-likeness (QED) is 0.851. The van der Waals surface area contributed by atoms with Crippen LogP contribution in [0.5, 0.6) is 5.75 Å². The van der Waals surface area contributed by atoms with Crippen LogP contribution in [0.25, 0.3) is 0 Å². The van der Waals surface area contributed by atoms with Gasteiger partial charge in [-0.05, 0) is 43.7 Å². The molecule has 0 fully saturated rings. The van der Waals surface area contributed by atoms with Gasteiger partial charge in [-0.25, -0.2) is 0 Å². The van der Waals surface area contributed by atoms with Crippen molar-refractivity contribution >= 4 is 27.5 Å². The van der Waals surface area contributed by atoms with Gasteiger partial charge in [-0.3, -0.25) is 0 Å². The van der Waals surface area contributed by atoms with E-state index >= 15 is 0 Å². The molecule has 1 atom stereocenters. The summed E-state index contributed by atoms with van der Waals surface area (Å²) in [6, 6.07) is 11.5. The highest BCUT2D eigenvalue weighted by molar-refractivity contribution is 9.10. The first-order valence-corrected chi connectivity index (χ1v) is 7.63. The van der Waals surface area contributed by atoms with Crippen LogP contribution >= 0.6 is 27.5 Å². The predicted molar refractivity (Wildman–Crippen MR) is 87.5 cm³/mol. The zero-order chi connectivity index (χ0) is 14.7. The number of nitrogens with two attached hydrogens (primary N) is 1. The first-order valence-electron chi connectivity index (χ1n) is 6.46. The monoisotopic (exact) mass is 353 g/mol. The third-order valence-corrected chi connectivity index (χ3v) is 3.72. The number of rotatable bonds is 4. The highest BCUT2D eigenvalue weighted by atomic mass is 79.9. The molecule has 2 nitrogen and oxygen atoms in total. The van der Waals surface area contributed by atoms with E-state index in [-0.39, 0.29) is 6.04 Å². The summed E-state index contributed by atoms with van der Waals surface area (Å²) in [5.74, 6) is 0.821. The van der Waals surface area contributed by atoms with Crippen molar-refractivity contribution in [1.29, 1.82) is 0 Å². The van der Waals surface area contributed by atoms with E-state index in [2.05, 4.69) is 22.0 Å². The molecule has 2 aromatic carbocycles. The Balaban J connectivity index is 2.46. The zero-order valence-electron chi connectivity index (χ0n) is 11.5. The van der Waals surface area contributed by atoms with Gasteiger partial charge < -0.3 is 10.5 Å². The Morgan fingerprint density at radius 3 is 2.65 bits per heavy atom. The van der Waals surface area contributed by atoms with Crippen LogP contribution in [0.3, 0.4) is 0 Å². The SMILES string of the molecule is CCOc1ccc(C)cc1C(N)c1cc(Cl)cc(Br)c1. The average molecular weight is 355 g/mol. The Labute approximate surface area is 133 Å². The lowest BCUT2D eigenvalue weighted by molar-refractivity contribution is 0.335. The second-order valence-electron chi connectivity index (χ2n) is 4.65. The molecule has 2 rings (SSSR count). The van der Waals surface area contributed by atoms with E-state index in [4.69, 9.17) is 22.1 Å². The Kier molecular flexibility index (Phi) is 5.08. The fourth-order valence-electron chi connectivity index (χ4n) is 2.13. The molecule has 0 saturated heterocycles. The molecule has 4 heteroatoms. The van der Waals surface area contributed by atoms with E-state index in [0.29, 0.717) is 11.6 Å². The standard InChI is InChI=1S/C16H17BrClNO/c1-3-20-15-5-4-10(2)6-14(15)16(19)11-7-12(17)9-13(18)8-11/h4-9,16H,3,19H2,1-2H3. The van der Waals surface area contributed by atoms with E-state index in [0.717, 1.165) is 26.9 Å². The maximum atomic E-state index is 6.39. The second kappa shape index (κ2) is 6.61. The smallest absolute Gasteiger partial charge is 0.124 e. The first kappa shape index (κ1) is 15.4. The molecule has 0 aliphatic rings. The second-order valence-corrected chi connectivity index (χ2v) is 6.01. The lowest BCUT2D eigenvalue weighted by Gasteiger charge is -2.18. The molecule has 20 heavy (non-hydrogen) atoms. The molecule has 0 heterocycles. The molecule has 2 aromatic rings. The van der Waals surface area contributed by atoms with E-state index < -0.39 is 0 Å². The Bertz CT molecular complexity index is 595. The average Bonchev–Trinajstić information content (AvgIpc) is 2.39. The Morgan fingerprint density at radius 2 is 2.00 bits per heavy atom. The molecule has 0 bridgehead atoms. The Morgan fingerprint density at radius 1 is 1.25 bits per heavy atom. The minimum Gasteiger partial charge on any atom is -0.494 e. The van der Waals surface area contributed by atoms with Crippen molar-refractivity contribution in [2.75, 3.05) is 6.61 Å². The lowest BCUT2D eigenvalue weighted by Crippen LogP contribution is -2.14. The summed E-state index contributed by atoms with van der Waals surface area (Å²) in [6.07, 6.45) is 0. The summed E-state index contributed by atoms with van der Waals surface area (Å²) in [5, 5.41) is 0.662. The molecular weight excluding hydrogens is 338 g/mol. The van der Waals surface area contributed by atoms with Gasteiger partial charge in [0.25, 0.3) is 0 Å². The largest absolute Gasteiger partial charge is 0.494 e. The maximum Gasteiger partial charge on any atom is 0.124 e. The van der Waals surface area contributed by atoms with Gasteiger partial charge >= 0.3 is 0 Å². The van der Waals surface area contributed by atoms with Crippen LogP contribution in [-0.2, 0) is 0 Å². The third kappa shape index (κ3) is 3.54. The van der Waals surface area contributed by atoms with Gasteiger partial charge in [0, 0.05) is 15.1 Å². The predicted octanol–water partition coefficient (Wildman–Crippen LogP) is 4.86. The molecule has 2 N–H and O–H groups in total. The number of aryl methyl sites for hydroxylation is 1. The van der Waals surface area contributed by atoms with Gasteiger partial charge in [0.15, 0.2) is 0 Å². The van der Waals surface area contributed by atoms with Gasteiger partial charge in [0.2, 0.25) is 0 Å². The molecule has 106 valence electrons. The van der Waals surface area contributed by atoms with Crippen molar-refractivity contribution in [2.45, 2.75) is 19.9 Å².